The monoisotopic (exact) mass is 282 g/mol. The number of rotatable bonds is 4. The Morgan fingerprint density at radius 2 is 2.26 bits per heavy atom. The normalized spacial score (nSPS) is 27.1. The maximum absolute atomic E-state index is 14.0. The van der Waals surface area contributed by atoms with E-state index in [4.69, 9.17) is 10.5 Å². The number of aliphatic imine (C=N–C) groups is 1. The molecule has 3 nitrogen and oxygen atoms in total. The molecule has 0 amide bonds. The lowest BCUT2D eigenvalue weighted by molar-refractivity contribution is 0.191. The Labute approximate surface area is 117 Å². The summed E-state index contributed by atoms with van der Waals surface area (Å²) in [4.78, 5) is 4.48. The highest BCUT2D eigenvalue weighted by molar-refractivity contribution is 8.14. The third-order valence-corrected chi connectivity index (χ3v) is 4.44. The van der Waals surface area contributed by atoms with E-state index in [2.05, 4.69) is 4.99 Å². The molecule has 5 heteroatoms. The molecule has 0 fully saturated rings. The Hall–Kier alpha value is -1.07. The highest BCUT2D eigenvalue weighted by Crippen LogP contribution is 2.40. The van der Waals surface area contributed by atoms with Crippen molar-refractivity contribution in [2.24, 2.45) is 10.7 Å². The molecule has 0 saturated heterocycles. The van der Waals surface area contributed by atoms with E-state index in [-0.39, 0.29) is 5.82 Å². The minimum Gasteiger partial charge on any atom is -0.385 e. The fraction of sp³-hybridized carbons (Fsp3) is 0.500. The van der Waals surface area contributed by atoms with E-state index in [0.717, 1.165) is 12.8 Å². The summed E-state index contributed by atoms with van der Waals surface area (Å²) in [5.41, 5.74) is 5.94. The molecule has 2 N–H and O–H groups in total. The highest BCUT2D eigenvalue weighted by atomic mass is 32.2. The minimum atomic E-state index is -0.584. The molecule has 1 heterocycles. The lowest BCUT2D eigenvalue weighted by Crippen LogP contribution is -2.34. The van der Waals surface area contributed by atoms with Crippen molar-refractivity contribution in [3.63, 3.8) is 0 Å². The van der Waals surface area contributed by atoms with Gasteiger partial charge in [0.05, 0.1) is 5.54 Å². The van der Waals surface area contributed by atoms with Gasteiger partial charge in [-0.05, 0) is 25.8 Å². The standard InChI is InChI=1S/C14H19FN2OS/c1-14(11-5-3-4-6-12(11)15)9-10(7-8-18-2)19-13(16)17-14/h3-6,10H,7-9H2,1-2H3,(H2,16,17)/t10-,14+/m1/s1. The lowest BCUT2D eigenvalue weighted by atomic mass is 9.86. The minimum absolute atomic E-state index is 0.223. The van der Waals surface area contributed by atoms with Crippen LogP contribution >= 0.6 is 11.8 Å². The van der Waals surface area contributed by atoms with Gasteiger partial charge in [-0.2, -0.15) is 0 Å². The summed E-state index contributed by atoms with van der Waals surface area (Å²) in [5, 5.41) is 0.833. The van der Waals surface area contributed by atoms with Gasteiger partial charge < -0.3 is 10.5 Å². The lowest BCUT2D eigenvalue weighted by Gasteiger charge is -2.34. The maximum Gasteiger partial charge on any atom is 0.155 e. The Morgan fingerprint density at radius 3 is 2.95 bits per heavy atom. The Balaban J connectivity index is 2.27. The van der Waals surface area contributed by atoms with Crippen LogP contribution in [0.3, 0.4) is 0 Å². The predicted molar refractivity (Wildman–Crippen MR) is 77.9 cm³/mol. The molecule has 0 saturated carbocycles. The summed E-state index contributed by atoms with van der Waals surface area (Å²) in [6, 6.07) is 6.78. The van der Waals surface area contributed by atoms with E-state index in [9.17, 15) is 4.39 Å². The largest absolute Gasteiger partial charge is 0.385 e. The van der Waals surface area contributed by atoms with Gasteiger partial charge in [-0.15, -0.1) is 0 Å². The van der Waals surface area contributed by atoms with Crippen LogP contribution in [0.25, 0.3) is 0 Å². The first-order chi connectivity index (χ1) is 9.05. The quantitative estimate of drug-likeness (QED) is 0.923. The van der Waals surface area contributed by atoms with Gasteiger partial charge in [0, 0.05) is 24.5 Å². The molecule has 2 rings (SSSR count). The van der Waals surface area contributed by atoms with Crippen LogP contribution in [0.4, 0.5) is 4.39 Å². The van der Waals surface area contributed by atoms with E-state index >= 15 is 0 Å². The zero-order valence-electron chi connectivity index (χ0n) is 11.2. The average molecular weight is 282 g/mol. The summed E-state index contributed by atoms with van der Waals surface area (Å²) >= 11 is 1.55. The molecule has 1 aromatic carbocycles. The summed E-state index contributed by atoms with van der Waals surface area (Å²) in [6.07, 6.45) is 1.66. The maximum atomic E-state index is 14.0. The van der Waals surface area contributed by atoms with Crippen LogP contribution in [-0.2, 0) is 10.3 Å². The number of hydrogen-bond acceptors (Lipinski definition) is 4. The van der Waals surface area contributed by atoms with Crippen molar-refractivity contribution in [1.82, 2.24) is 0 Å². The molecule has 0 aliphatic carbocycles. The topological polar surface area (TPSA) is 47.6 Å². The summed E-state index contributed by atoms with van der Waals surface area (Å²) in [7, 11) is 1.68. The molecule has 0 spiro atoms. The second-order valence-electron chi connectivity index (χ2n) is 4.93. The van der Waals surface area contributed by atoms with E-state index in [1.165, 1.54) is 6.07 Å². The van der Waals surface area contributed by atoms with Crippen molar-refractivity contribution in [3.05, 3.63) is 35.6 Å². The number of amidine groups is 1. The van der Waals surface area contributed by atoms with Gasteiger partial charge in [-0.1, -0.05) is 30.0 Å². The number of nitrogens with two attached hydrogens (primary N) is 1. The molecule has 1 aliphatic rings. The van der Waals surface area contributed by atoms with Gasteiger partial charge in [0.25, 0.3) is 0 Å². The van der Waals surface area contributed by atoms with Crippen molar-refractivity contribution in [2.75, 3.05) is 13.7 Å². The summed E-state index contributed by atoms with van der Waals surface area (Å²) in [6.45, 7) is 2.62. The number of halogens is 1. The Bertz CT molecular complexity index is 480. The fourth-order valence-corrected chi connectivity index (χ4v) is 3.67. The van der Waals surface area contributed by atoms with Gasteiger partial charge in [-0.3, -0.25) is 4.99 Å². The third-order valence-electron chi connectivity index (χ3n) is 3.37. The zero-order chi connectivity index (χ0) is 13.9. The third kappa shape index (κ3) is 3.28. The van der Waals surface area contributed by atoms with Crippen LogP contribution in [0, 0.1) is 5.82 Å². The van der Waals surface area contributed by atoms with Crippen molar-refractivity contribution in [3.8, 4) is 0 Å². The Kier molecular flexibility index (Phi) is 4.47. The first-order valence-electron chi connectivity index (χ1n) is 6.31. The van der Waals surface area contributed by atoms with Crippen LogP contribution in [-0.4, -0.2) is 24.1 Å². The smallest absolute Gasteiger partial charge is 0.155 e. The molecular formula is C14H19FN2OS. The van der Waals surface area contributed by atoms with Crippen LogP contribution in [0.2, 0.25) is 0 Å². The average Bonchev–Trinajstić information content (AvgIpc) is 2.35. The van der Waals surface area contributed by atoms with Crippen molar-refractivity contribution in [1.29, 1.82) is 0 Å². The molecule has 0 aromatic heterocycles. The Morgan fingerprint density at radius 1 is 1.53 bits per heavy atom. The van der Waals surface area contributed by atoms with Gasteiger partial charge in [0.1, 0.15) is 5.82 Å². The predicted octanol–water partition coefficient (Wildman–Crippen LogP) is 2.90. The summed E-state index contributed by atoms with van der Waals surface area (Å²) < 4.78 is 19.1. The van der Waals surface area contributed by atoms with E-state index < -0.39 is 5.54 Å². The zero-order valence-corrected chi connectivity index (χ0v) is 12.0. The first kappa shape index (κ1) is 14.3. The molecule has 0 bridgehead atoms. The van der Waals surface area contributed by atoms with Crippen LogP contribution in [0.1, 0.15) is 25.3 Å². The van der Waals surface area contributed by atoms with Crippen LogP contribution < -0.4 is 5.73 Å². The molecule has 104 valence electrons. The van der Waals surface area contributed by atoms with E-state index in [0.29, 0.717) is 22.6 Å². The number of thioether (sulfide) groups is 1. The second-order valence-corrected chi connectivity index (χ2v) is 6.25. The van der Waals surface area contributed by atoms with Crippen molar-refractivity contribution in [2.45, 2.75) is 30.6 Å². The van der Waals surface area contributed by atoms with Gasteiger partial charge in [0.15, 0.2) is 5.17 Å². The first-order valence-corrected chi connectivity index (χ1v) is 7.19. The number of benzene rings is 1. The van der Waals surface area contributed by atoms with Gasteiger partial charge in [0.2, 0.25) is 0 Å². The number of hydrogen-bond donors (Lipinski definition) is 1. The molecule has 0 unspecified atom stereocenters. The molecule has 2 atom stereocenters. The molecule has 1 aliphatic heterocycles. The number of ether oxygens (including phenoxy) is 1. The van der Waals surface area contributed by atoms with Crippen LogP contribution in [0.5, 0.6) is 0 Å². The van der Waals surface area contributed by atoms with Gasteiger partial charge in [-0.25, -0.2) is 4.39 Å². The molecule has 19 heavy (non-hydrogen) atoms. The molecule has 1 aromatic rings. The SMILES string of the molecule is COCC[C@@H]1C[C@@](C)(c2ccccc2F)N=C(N)S1. The number of nitrogens with zero attached hydrogens (tertiary/aromatic N) is 1. The van der Waals surface area contributed by atoms with Crippen molar-refractivity contribution < 1.29 is 9.13 Å². The van der Waals surface area contributed by atoms with Crippen LogP contribution in [0.15, 0.2) is 29.3 Å². The summed E-state index contributed by atoms with van der Waals surface area (Å²) in [5.74, 6) is -0.223. The van der Waals surface area contributed by atoms with E-state index in [1.54, 1.807) is 31.0 Å². The molecular weight excluding hydrogens is 263 g/mol. The molecule has 0 radical (unpaired) electrons. The fourth-order valence-electron chi connectivity index (χ4n) is 2.45. The highest BCUT2D eigenvalue weighted by Gasteiger charge is 2.36. The number of methoxy groups -OCH3 is 1. The van der Waals surface area contributed by atoms with Gasteiger partial charge >= 0.3 is 0 Å². The van der Waals surface area contributed by atoms with Crippen molar-refractivity contribution >= 4 is 16.9 Å². The second kappa shape index (κ2) is 5.92. The van der Waals surface area contributed by atoms with E-state index in [1.807, 2.05) is 13.0 Å².